The molecule has 0 saturated carbocycles. The topological polar surface area (TPSA) is 56.0 Å². The van der Waals surface area contributed by atoms with Gasteiger partial charge in [-0.05, 0) is 6.42 Å². The first-order valence-electron chi connectivity index (χ1n) is 6.81. The summed E-state index contributed by atoms with van der Waals surface area (Å²) in [5.41, 5.74) is 0.140. The maximum absolute atomic E-state index is 5.65. The Balaban J connectivity index is 2.07. The van der Waals surface area contributed by atoms with Crippen LogP contribution >= 0.6 is 0 Å². The third-order valence-corrected chi connectivity index (χ3v) is 7.07. The fourth-order valence-electron chi connectivity index (χ4n) is 2.59. The van der Waals surface area contributed by atoms with E-state index in [0.29, 0.717) is 12.2 Å². The van der Waals surface area contributed by atoms with Crippen molar-refractivity contribution in [2.45, 2.75) is 31.2 Å². The van der Waals surface area contributed by atoms with Crippen LogP contribution in [0.4, 0.5) is 0 Å². The minimum absolute atomic E-state index is 0.140. The molecular formula is C12H25NO5Si. The van der Waals surface area contributed by atoms with Gasteiger partial charge in [-0.1, -0.05) is 6.92 Å². The highest BCUT2D eigenvalue weighted by molar-refractivity contribution is 6.62. The fraction of sp³-hybridized carbons (Fsp3) is 1.00. The normalized spacial score (nSPS) is 27.6. The van der Waals surface area contributed by atoms with Crippen LogP contribution in [0.1, 0.15) is 13.3 Å². The van der Waals surface area contributed by atoms with Gasteiger partial charge in [-0.15, -0.1) is 0 Å². The molecular weight excluding hydrogens is 266 g/mol. The van der Waals surface area contributed by atoms with E-state index in [1.54, 1.807) is 21.3 Å². The monoisotopic (exact) mass is 291 g/mol. The SMILES string of the molecule is CCC(N(CC1CO1)CC1CO1)[Si](OC)(OC)OC. The molecule has 2 aliphatic rings. The smallest absolute Gasteiger partial charge is 0.376 e. The van der Waals surface area contributed by atoms with Gasteiger partial charge in [0.2, 0.25) is 0 Å². The van der Waals surface area contributed by atoms with Crippen LogP contribution in [0.3, 0.4) is 0 Å². The predicted molar refractivity (Wildman–Crippen MR) is 71.9 cm³/mol. The van der Waals surface area contributed by atoms with Gasteiger partial charge in [0.15, 0.2) is 0 Å². The molecule has 2 fully saturated rings. The second kappa shape index (κ2) is 6.62. The predicted octanol–water partition coefficient (Wildman–Crippen LogP) is 0.282. The third kappa shape index (κ3) is 3.75. The van der Waals surface area contributed by atoms with Crippen molar-refractivity contribution in [3.8, 4) is 0 Å². The van der Waals surface area contributed by atoms with E-state index in [-0.39, 0.29) is 5.67 Å². The van der Waals surface area contributed by atoms with Gasteiger partial charge in [0.25, 0.3) is 0 Å². The summed E-state index contributed by atoms with van der Waals surface area (Å²) >= 11 is 0. The van der Waals surface area contributed by atoms with Crippen LogP contribution in [0.15, 0.2) is 0 Å². The molecule has 2 rings (SSSR count). The molecule has 0 spiro atoms. The molecule has 0 amide bonds. The lowest BCUT2D eigenvalue weighted by Crippen LogP contribution is -2.62. The molecule has 0 aromatic heterocycles. The van der Waals surface area contributed by atoms with Crippen LogP contribution in [-0.2, 0) is 22.8 Å². The molecule has 0 aliphatic carbocycles. The molecule has 0 aromatic carbocycles. The number of nitrogens with zero attached hydrogens (tertiary/aromatic N) is 1. The number of epoxide rings is 2. The minimum Gasteiger partial charge on any atom is -0.376 e. The molecule has 0 bridgehead atoms. The van der Waals surface area contributed by atoms with Gasteiger partial charge in [0.1, 0.15) is 0 Å². The lowest BCUT2D eigenvalue weighted by atomic mass is 10.3. The van der Waals surface area contributed by atoms with E-state index in [2.05, 4.69) is 11.8 Å². The summed E-state index contributed by atoms with van der Waals surface area (Å²) in [7, 11) is 2.33. The van der Waals surface area contributed by atoms with E-state index < -0.39 is 8.80 Å². The fourth-order valence-corrected chi connectivity index (χ4v) is 5.06. The van der Waals surface area contributed by atoms with Gasteiger partial charge in [0, 0.05) is 34.4 Å². The van der Waals surface area contributed by atoms with Gasteiger partial charge in [-0.25, -0.2) is 0 Å². The number of rotatable bonds is 10. The van der Waals surface area contributed by atoms with Crippen molar-refractivity contribution in [2.75, 3.05) is 47.6 Å². The van der Waals surface area contributed by atoms with Gasteiger partial charge in [0.05, 0.1) is 31.1 Å². The largest absolute Gasteiger partial charge is 0.518 e. The Hall–Kier alpha value is -0.0231. The van der Waals surface area contributed by atoms with E-state index in [1.807, 2.05) is 0 Å². The number of hydrogen-bond acceptors (Lipinski definition) is 6. The van der Waals surface area contributed by atoms with Crippen LogP contribution in [0.25, 0.3) is 0 Å². The Kier molecular flexibility index (Phi) is 5.35. The summed E-state index contributed by atoms with van der Waals surface area (Å²) in [6, 6.07) is 0. The van der Waals surface area contributed by atoms with Crippen molar-refractivity contribution >= 4 is 8.80 Å². The highest BCUT2D eigenvalue weighted by Crippen LogP contribution is 2.25. The van der Waals surface area contributed by atoms with Crippen molar-refractivity contribution in [1.29, 1.82) is 0 Å². The molecule has 0 aromatic rings. The first-order valence-corrected chi connectivity index (χ1v) is 8.62. The molecule has 2 saturated heterocycles. The van der Waals surface area contributed by atoms with Gasteiger partial charge in [-0.3, -0.25) is 4.90 Å². The van der Waals surface area contributed by atoms with Gasteiger partial charge in [-0.2, -0.15) is 0 Å². The summed E-state index contributed by atoms with van der Waals surface area (Å²) < 4.78 is 27.7. The first kappa shape index (κ1) is 15.4. The summed E-state index contributed by atoms with van der Waals surface area (Å²) in [6.07, 6.45) is 1.59. The van der Waals surface area contributed by atoms with E-state index >= 15 is 0 Å². The van der Waals surface area contributed by atoms with Crippen LogP contribution in [0.5, 0.6) is 0 Å². The lowest BCUT2D eigenvalue weighted by molar-refractivity contribution is 0.0670. The first-order chi connectivity index (χ1) is 9.19. The average molecular weight is 291 g/mol. The Morgan fingerprint density at radius 2 is 1.47 bits per heavy atom. The third-order valence-electron chi connectivity index (χ3n) is 3.77. The molecule has 19 heavy (non-hydrogen) atoms. The summed E-state index contributed by atoms with van der Waals surface area (Å²) in [4.78, 5) is 2.36. The van der Waals surface area contributed by atoms with E-state index in [9.17, 15) is 0 Å². The maximum atomic E-state index is 5.65. The molecule has 2 aliphatic heterocycles. The summed E-state index contributed by atoms with van der Waals surface area (Å²) in [6.45, 7) is 5.62. The van der Waals surface area contributed by atoms with Crippen LogP contribution in [0.2, 0.25) is 0 Å². The second-order valence-electron chi connectivity index (χ2n) is 5.00. The highest BCUT2D eigenvalue weighted by atomic mass is 28.4. The van der Waals surface area contributed by atoms with Crippen LogP contribution in [-0.4, -0.2) is 79.2 Å². The maximum Gasteiger partial charge on any atom is 0.518 e. The molecule has 6 nitrogen and oxygen atoms in total. The average Bonchev–Trinajstić information content (AvgIpc) is 3.31. The molecule has 2 heterocycles. The molecule has 3 unspecified atom stereocenters. The quantitative estimate of drug-likeness (QED) is 0.426. The van der Waals surface area contributed by atoms with Gasteiger partial charge >= 0.3 is 8.80 Å². The van der Waals surface area contributed by atoms with Crippen molar-refractivity contribution in [3.63, 3.8) is 0 Å². The minimum atomic E-state index is -2.67. The Labute approximate surface area is 116 Å². The molecule has 3 atom stereocenters. The molecule has 7 heteroatoms. The molecule has 0 radical (unpaired) electrons. The Morgan fingerprint density at radius 1 is 1.05 bits per heavy atom. The van der Waals surface area contributed by atoms with Crippen molar-refractivity contribution in [3.05, 3.63) is 0 Å². The zero-order chi connectivity index (χ0) is 13.9. The van der Waals surface area contributed by atoms with Crippen molar-refractivity contribution in [1.82, 2.24) is 4.90 Å². The van der Waals surface area contributed by atoms with Crippen molar-refractivity contribution in [2.24, 2.45) is 0 Å². The van der Waals surface area contributed by atoms with E-state index in [1.165, 1.54) is 0 Å². The summed E-state index contributed by atoms with van der Waals surface area (Å²) in [5, 5.41) is 0. The van der Waals surface area contributed by atoms with Gasteiger partial charge < -0.3 is 22.8 Å². The Bertz CT molecular complexity index is 259. The van der Waals surface area contributed by atoms with Crippen LogP contribution < -0.4 is 0 Å². The number of hydrogen-bond donors (Lipinski definition) is 0. The molecule has 112 valence electrons. The van der Waals surface area contributed by atoms with E-state index in [0.717, 1.165) is 32.7 Å². The standard InChI is InChI=1S/C12H25NO5Si/c1-5-12(19(14-2,15-3)16-4)13(6-10-8-17-10)7-11-9-18-11/h10-12H,5-9H2,1-4H3. The van der Waals surface area contributed by atoms with E-state index in [4.69, 9.17) is 22.8 Å². The zero-order valence-corrected chi connectivity index (χ0v) is 13.3. The summed E-state index contributed by atoms with van der Waals surface area (Å²) in [5.74, 6) is 0. The zero-order valence-electron chi connectivity index (χ0n) is 12.3. The number of ether oxygens (including phenoxy) is 2. The lowest BCUT2D eigenvalue weighted by Gasteiger charge is -2.39. The molecule has 0 N–H and O–H groups in total. The Morgan fingerprint density at radius 3 is 1.74 bits per heavy atom. The second-order valence-corrected chi connectivity index (χ2v) is 8.10. The van der Waals surface area contributed by atoms with Crippen molar-refractivity contribution < 1.29 is 22.8 Å². The highest BCUT2D eigenvalue weighted by Gasteiger charge is 2.51. The van der Waals surface area contributed by atoms with Crippen LogP contribution in [0, 0.1) is 0 Å².